The highest BCUT2D eigenvalue weighted by Crippen LogP contribution is 2.16. The summed E-state index contributed by atoms with van der Waals surface area (Å²) in [6.07, 6.45) is 0. The van der Waals surface area contributed by atoms with Gasteiger partial charge in [-0.1, -0.05) is 6.07 Å². The number of hydrogen-bond donors (Lipinski definition) is 2. The summed E-state index contributed by atoms with van der Waals surface area (Å²) in [6, 6.07) is 8.38. The van der Waals surface area contributed by atoms with E-state index >= 15 is 0 Å². The summed E-state index contributed by atoms with van der Waals surface area (Å²) in [5.41, 5.74) is 0.322. The molecule has 5 nitrogen and oxygen atoms in total. The fourth-order valence-corrected chi connectivity index (χ4v) is 1.46. The van der Waals surface area contributed by atoms with Crippen molar-refractivity contribution in [3.05, 3.63) is 48.0 Å². The van der Waals surface area contributed by atoms with Crippen molar-refractivity contribution in [3.63, 3.8) is 0 Å². The van der Waals surface area contributed by atoms with Crippen molar-refractivity contribution in [2.45, 2.75) is 6.92 Å². The average molecular weight is 262 g/mol. The van der Waals surface area contributed by atoms with Crippen molar-refractivity contribution in [3.8, 4) is 0 Å². The van der Waals surface area contributed by atoms with Gasteiger partial charge in [0.1, 0.15) is 5.82 Å². The van der Waals surface area contributed by atoms with Crippen LogP contribution in [-0.4, -0.2) is 11.8 Å². The first-order valence-corrected chi connectivity index (χ1v) is 5.49. The van der Waals surface area contributed by atoms with Crippen LogP contribution in [0.3, 0.4) is 0 Å². The van der Waals surface area contributed by atoms with Crippen LogP contribution in [0.25, 0.3) is 0 Å². The number of amides is 2. The smallest absolute Gasteiger partial charge is 0.291 e. The number of halogens is 1. The second kappa shape index (κ2) is 5.34. The molecule has 0 aliphatic heterocycles. The molecule has 98 valence electrons. The summed E-state index contributed by atoms with van der Waals surface area (Å²) in [5.74, 6) is -1.07. The molecule has 2 amide bonds. The van der Waals surface area contributed by atoms with E-state index in [0.29, 0.717) is 5.69 Å². The Kier molecular flexibility index (Phi) is 3.61. The van der Waals surface area contributed by atoms with Crippen LogP contribution in [0.15, 0.2) is 40.8 Å². The molecule has 0 saturated carbocycles. The van der Waals surface area contributed by atoms with E-state index in [1.807, 2.05) is 0 Å². The van der Waals surface area contributed by atoms with E-state index in [1.165, 1.54) is 37.3 Å². The summed E-state index contributed by atoms with van der Waals surface area (Å²) in [5, 5.41) is 4.89. The van der Waals surface area contributed by atoms with Gasteiger partial charge in [0.15, 0.2) is 11.6 Å². The first-order chi connectivity index (χ1) is 9.04. The molecule has 0 radical (unpaired) electrons. The summed E-state index contributed by atoms with van der Waals surface area (Å²) in [6.45, 7) is 1.33. The SMILES string of the molecule is CC(=O)Nc1ccc(C(=O)Nc2cccc(F)c2)o1. The number of furan rings is 1. The Morgan fingerprint density at radius 1 is 1.16 bits per heavy atom. The fourth-order valence-electron chi connectivity index (χ4n) is 1.46. The van der Waals surface area contributed by atoms with E-state index in [4.69, 9.17) is 4.42 Å². The molecule has 1 heterocycles. The monoisotopic (exact) mass is 262 g/mol. The largest absolute Gasteiger partial charge is 0.435 e. The molecule has 1 aromatic carbocycles. The van der Waals surface area contributed by atoms with Gasteiger partial charge in [-0.3, -0.25) is 14.9 Å². The number of carbonyl (C=O) groups excluding carboxylic acids is 2. The second-order valence-corrected chi connectivity index (χ2v) is 3.81. The maximum absolute atomic E-state index is 12.9. The van der Waals surface area contributed by atoms with E-state index < -0.39 is 11.7 Å². The zero-order valence-electron chi connectivity index (χ0n) is 10.1. The minimum atomic E-state index is -0.526. The number of rotatable bonds is 3. The molecule has 2 rings (SSSR count). The Balaban J connectivity index is 2.07. The van der Waals surface area contributed by atoms with Gasteiger partial charge >= 0.3 is 0 Å². The minimum absolute atomic E-state index is 0.0213. The lowest BCUT2D eigenvalue weighted by molar-refractivity contribution is -0.114. The molecule has 2 aromatic rings. The molecule has 19 heavy (non-hydrogen) atoms. The maximum Gasteiger partial charge on any atom is 0.291 e. The van der Waals surface area contributed by atoms with Crippen molar-refractivity contribution in [1.29, 1.82) is 0 Å². The van der Waals surface area contributed by atoms with Crippen LogP contribution in [0.5, 0.6) is 0 Å². The van der Waals surface area contributed by atoms with E-state index in [1.54, 1.807) is 6.07 Å². The predicted molar refractivity (Wildman–Crippen MR) is 67.4 cm³/mol. The highest BCUT2D eigenvalue weighted by Gasteiger charge is 2.12. The molecule has 0 aliphatic rings. The fraction of sp³-hybridized carbons (Fsp3) is 0.0769. The molecule has 0 fully saturated rings. The summed E-state index contributed by atoms with van der Waals surface area (Å²) in [7, 11) is 0. The van der Waals surface area contributed by atoms with Crippen molar-refractivity contribution >= 4 is 23.4 Å². The number of anilines is 2. The lowest BCUT2D eigenvalue weighted by Gasteiger charge is -2.02. The molecule has 0 aliphatic carbocycles. The zero-order valence-corrected chi connectivity index (χ0v) is 10.1. The predicted octanol–water partition coefficient (Wildman–Crippen LogP) is 2.63. The van der Waals surface area contributed by atoms with E-state index in [2.05, 4.69) is 10.6 Å². The molecule has 2 N–H and O–H groups in total. The normalized spacial score (nSPS) is 10.0. The van der Waals surface area contributed by atoms with Crippen LogP contribution < -0.4 is 10.6 Å². The van der Waals surface area contributed by atoms with Gasteiger partial charge in [-0.05, 0) is 24.3 Å². The van der Waals surface area contributed by atoms with Crippen molar-refractivity contribution in [2.75, 3.05) is 10.6 Å². The first-order valence-electron chi connectivity index (χ1n) is 5.49. The van der Waals surface area contributed by atoms with Gasteiger partial charge in [-0.15, -0.1) is 0 Å². The van der Waals surface area contributed by atoms with Crippen molar-refractivity contribution in [1.82, 2.24) is 0 Å². The Bertz CT molecular complexity index is 622. The molecular weight excluding hydrogens is 251 g/mol. The van der Waals surface area contributed by atoms with Crippen LogP contribution in [-0.2, 0) is 4.79 Å². The molecule has 0 spiro atoms. The number of nitrogens with one attached hydrogen (secondary N) is 2. The third-order valence-corrected chi connectivity index (χ3v) is 2.21. The lowest BCUT2D eigenvalue weighted by atomic mass is 10.3. The maximum atomic E-state index is 12.9. The van der Waals surface area contributed by atoms with Crippen LogP contribution in [0, 0.1) is 5.82 Å². The number of hydrogen-bond acceptors (Lipinski definition) is 3. The standard InChI is InChI=1S/C13H11FN2O3/c1-8(17)15-12-6-5-11(19-12)13(18)16-10-4-2-3-9(14)7-10/h2-7H,1H3,(H,15,17)(H,16,18). The summed E-state index contributed by atoms with van der Waals surface area (Å²) >= 11 is 0. The van der Waals surface area contributed by atoms with Crippen LogP contribution in [0.4, 0.5) is 16.0 Å². The molecule has 1 aromatic heterocycles. The van der Waals surface area contributed by atoms with Crippen LogP contribution in [0.2, 0.25) is 0 Å². The number of benzene rings is 1. The van der Waals surface area contributed by atoms with Crippen LogP contribution in [0.1, 0.15) is 17.5 Å². The Hall–Kier alpha value is -2.63. The topological polar surface area (TPSA) is 71.3 Å². The van der Waals surface area contributed by atoms with Gasteiger partial charge in [0.25, 0.3) is 5.91 Å². The van der Waals surface area contributed by atoms with Gasteiger partial charge in [0, 0.05) is 18.7 Å². The lowest BCUT2D eigenvalue weighted by Crippen LogP contribution is -2.11. The third kappa shape index (κ3) is 3.41. The quantitative estimate of drug-likeness (QED) is 0.893. The molecule has 0 saturated heterocycles. The van der Waals surface area contributed by atoms with Gasteiger partial charge in [-0.25, -0.2) is 4.39 Å². The molecule has 0 bridgehead atoms. The Morgan fingerprint density at radius 2 is 1.95 bits per heavy atom. The highest BCUT2D eigenvalue weighted by atomic mass is 19.1. The van der Waals surface area contributed by atoms with Gasteiger partial charge < -0.3 is 9.73 Å². The first kappa shape index (κ1) is 12.8. The molecule has 0 unspecified atom stereocenters. The molecular formula is C13H11FN2O3. The molecule has 0 atom stereocenters. The number of carbonyl (C=O) groups is 2. The zero-order chi connectivity index (χ0) is 13.8. The minimum Gasteiger partial charge on any atom is -0.435 e. The third-order valence-electron chi connectivity index (χ3n) is 2.21. The van der Waals surface area contributed by atoms with E-state index in [-0.39, 0.29) is 17.6 Å². The van der Waals surface area contributed by atoms with E-state index in [9.17, 15) is 14.0 Å². The second-order valence-electron chi connectivity index (χ2n) is 3.81. The van der Waals surface area contributed by atoms with Crippen molar-refractivity contribution < 1.29 is 18.4 Å². The Labute approximate surface area is 108 Å². The van der Waals surface area contributed by atoms with Gasteiger partial charge in [0.05, 0.1) is 0 Å². The summed E-state index contributed by atoms with van der Waals surface area (Å²) < 4.78 is 18.1. The molecule has 6 heteroatoms. The van der Waals surface area contributed by atoms with Gasteiger partial charge in [0.2, 0.25) is 5.91 Å². The van der Waals surface area contributed by atoms with Gasteiger partial charge in [-0.2, -0.15) is 0 Å². The van der Waals surface area contributed by atoms with Crippen LogP contribution >= 0.6 is 0 Å². The van der Waals surface area contributed by atoms with E-state index in [0.717, 1.165) is 0 Å². The summed E-state index contributed by atoms with van der Waals surface area (Å²) in [4.78, 5) is 22.6. The highest BCUT2D eigenvalue weighted by molar-refractivity contribution is 6.02. The average Bonchev–Trinajstić information content (AvgIpc) is 2.76. The Morgan fingerprint density at radius 3 is 2.63 bits per heavy atom. The van der Waals surface area contributed by atoms with Crippen molar-refractivity contribution in [2.24, 2.45) is 0 Å².